The molecule has 0 aliphatic heterocycles. The van der Waals surface area contributed by atoms with Gasteiger partial charge in [0.05, 0.1) is 27.6 Å². The van der Waals surface area contributed by atoms with Crippen LogP contribution in [0.25, 0.3) is 0 Å². The Bertz CT molecular complexity index is 209. The number of hydrogen-bond acceptors (Lipinski definition) is 3. The summed E-state index contributed by atoms with van der Waals surface area (Å²) in [5.41, 5.74) is 0. The van der Waals surface area contributed by atoms with E-state index >= 15 is 0 Å². The summed E-state index contributed by atoms with van der Waals surface area (Å²) in [5, 5.41) is 8.60. The Labute approximate surface area is 96.0 Å². The molecule has 0 unspecified atom stereocenters. The quantitative estimate of drug-likeness (QED) is 0.562. The van der Waals surface area contributed by atoms with Crippen molar-refractivity contribution in [3.8, 4) is 0 Å². The maximum absolute atomic E-state index is 10.7. The number of carboxylic acid groups (broad SMARTS) is 1. The maximum Gasteiger partial charge on any atom is 0.307 e. The first-order chi connectivity index (χ1) is 6.20. The van der Waals surface area contributed by atoms with Gasteiger partial charge < -0.3 is 14.3 Å². The second-order valence-corrected chi connectivity index (χ2v) is 4.30. The van der Waals surface area contributed by atoms with E-state index < -0.39 is 18.0 Å². The van der Waals surface area contributed by atoms with Gasteiger partial charge in [0.15, 0.2) is 6.10 Å². The molecule has 0 aromatic rings. The van der Waals surface area contributed by atoms with Crippen molar-refractivity contribution in [3.05, 3.63) is 0 Å². The molecule has 0 aliphatic rings. The van der Waals surface area contributed by atoms with E-state index in [2.05, 4.69) is 0 Å². The lowest BCUT2D eigenvalue weighted by Crippen LogP contribution is -2.43. The molecule has 0 rings (SSSR count). The molecule has 6 heteroatoms. The molecule has 90 valence electrons. The fourth-order valence-electron chi connectivity index (χ4n) is 1.18. The maximum atomic E-state index is 10.7. The summed E-state index contributed by atoms with van der Waals surface area (Å²) in [4.78, 5) is 21.2. The van der Waals surface area contributed by atoms with E-state index in [9.17, 15) is 9.59 Å². The van der Waals surface area contributed by atoms with Gasteiger partial charge in [-0.15, -0.1) is 12.4 Å². The summed E-state index contributed by atoms with van der Waals surface area (Å²) in [6, 6.07) is 0. The van der Waals surface area contributed by atoms with Gasteiger partial charge >= 0.3 is 11.9 Å². The van der Waals surface area contributed by atoms with Gasteiger partial charge in [0, 0.05) is 6.92 Å². The molecule has 0 aliphatic carbocycles. The smallest absolute Gasteiger partial charge is 0.307 e. The average Bonchev–Trinajstić information content (AvgIpc) is 1.77. The molecule has 0 amide bonds. The van der Waals surface area contributed by atoms with Gasteiger partial charge in [-0.05, 0) is 0 Å². The monoisotopic (exact) mass is 240 g/mol. The minimum Gasteiger partial charge on any atom is -0.481 e. The third-order valence-corrected chi connectivity index (χ3v) is 1.49. The molecule has 0 heterocycles. The molecule has 15 heavy (non-hydrogen) atoms. The summed E-state index contributed by atoms with van der Waals surface area (Å²) < 4.78 is 5.46. The van der Waals surface area contributed by atoms with Gasteiger partial charge in [0.2, 0.25) is 0 Å². The summed E-state index contributed by atoms with van der Waals surface area (Å²) in [7, 11) is 5.75. The minimum absolute atomic E-state index is 0. The van der Waals surface area contributed by atoms with Gasteiger partial charge in [-0.3, -0.25) is 9.59 Å². The van der Waals surface area contributed by atoms with Crippen LogP contribution in [0.5, 0.6) is 0 Å². The van der Waals surface area contributed by atoms with Crippen molar-refractivity contribution in [3.63, 3.8) is 0 Å². The zero-order valence-corrected chi connectivity index (χ0v) is 10.3. The fraction of sp³-hybridized carbons (Fsp3) is 0.778. The van der Waals surface area contributed by atoms with Crippen LogP contribution in [0.1, 0.15) is 13.3 Å². The number of carboxylic acids is 1. The fourth-order valence-corrected chi connectivity index (χ4v) is 1.18. The number of quaternary nitrogens is 1. The molecule has 0 radical (unpaired) electrons. The molecule has 0 saturated carbocycles. The first-order valence-electron chi connectivity index (χ1n) is 4.40. The van der Waals surface area contributed by atoms with E-state index in [0.717, 1.165) is 0 Å². The second kappa shape index (κ2) is 6.63. The third kappa shape index (κ3) is 11.1. The molecule has 1 atom stereocenters. The first kappa shape index (κ1) is 16.6. The first-order valence-corrected chi connectivity index (χ1v) is 4.40. The van der Waals surface area contributed by atoms with Crippen LogP contribution in [-0.4, -0.2) is 55.3 Å². The molecule has 0 aromatic carbocycles. The van der Waals surface area contributed by atoms with Gasteiger partial charge in [0.25, 0.3) is 0 Å². The van der Waals surface area contributed by atoms with Crippen molar-refractivity contribution in [1.82, 2.24) is 0 Å². The van der Waals surface area contributed by atoms with Crippen molar-refractivity contribution in [2.45, 2.75) is 19.4 Å². The Morgan fingerprint density at radius 3 is 2.07 bits per heavy atom. The van der Waals surface area contributed by atoms with Crippen LogP contribution >= 0.6 is 12.4 Å². The van der Waals surface area contributed by atoms with Crippen molar-refractivity contribution in [1.29, 1.82) is 0 Å². The Hall–Kier alpha value is -0.810. The highest BCUT2D eigenvalue weighted by molar-refractivity contribution is 5.85. The highest BCUT2D eigenvalue weighted by Gasteiger charge is 2.23. The number of hydrogen-bond donors (Lipinski definition) is 1. The zero-order valence-electron chi connectivity index (χ0n) is 9.52. The number of halogens is 1. The number of carbonyl (C=O) groups is 2. The Kier molecular flexibility index (Phi) is 7.35. The van der Waals surface area contributed by atoms with E-state index in [1.165, 1.54) is 6.92 Å². The van der Waals surface area contributed by atoms with Crippen LogP contribution in [0.2, 0.25) is 0 Å². The molecule has 0 fully saturated rings. The molecule has 0 spiro atoms. The molecule has 5 nitrogen and oxygen atoms in total. The molecule has 1 N–H and O–H groups in total. The number of aliphatic carboxylic acids is 1. The predicted octanol–water partition coefficient (Wildman–Crippen LogP) is 0.521. The van der Waals surface area contributed by atoms with Crippen molar-refractivity contribution < 1.29 is 23.9 Å². The van der Waals surface area contributed by atoms with Crippen LogP contribution in [-0.2, 0) is 14.3 Å². The molecule has 0 saturated heterocycles. The number of likely N-dealkylation sites (N-methyl/N-ethyl adjacent to an activating group) is 1. The topological polar surface area (TPSA) is 63.6 Å². The third-order valence-electron chi connectivity index (χ3n) is 1.49. The average molecular weight is 241 g/mol. The standard InChI is InChI=1S/C9H17NO4.ClH/c1-7(11)14-8(5-9(12)13)6-10(2,3)4;/h8H,5-6H2,1-4H3;1H/p+1/t8-;/m1./s1. The van der Waals surface area contributed by atoms with E-state index in [1.807, 2.05) is 21.1 Å². The number of rotatable bonds is 5. The SMILES string of the molecule is CC(=O)O[C@H](CC(=O)O)C[N+](C)(C)C.Cl. The Balaban J connectivity index is 0. The van der Waals surface area contributed by atoms with Gasteiger partial charge in [-0.25, -0.2) is 0 Å². The zero-order chi connectivity index (χ0) is 11.4. The van der Waals surface area contributed by atoms with E-state index in [0.29, 0.717) is 11.0 Å². The number of nitrogens with zero attached hydrogens (tertiary/aromatic N) is 1. The summed E-state index contributed by atoms with van der Waals surface area (Å²) in [6.45, 7) is 1.77. The van der Waals surface area contributed by atoms with Gasteiger partial charge in [0.1, 0.15) is 6.54 Å². The van der Waals surface area contributed by atoms with Gasteiger partial charge in [-0.2, -0.15) is 0 Å². The summed E-state index contributed by atoms with van der Waals surface area (Å²) in [6.07, 6.45) is -0.695. The largest absolute Gasteiger partial charge is 0.481 e. The highest BCUT2D eigenvalue weighted by Crippen LogP contribution is 2.04. The van der Waals surface area contributed by atoms with E-state index in [-0.39, 0.29) is 18.8 Å². The molecular formula is C9H19ClNO4+. The summed E-state index contributed by atoms with van der Waals surface area (Å²) in [5.74, 6) is -1.39. The number of esters is 1. The Morgan fingerprint density at radius 1 is 1.33 bits per heavy atom. The van der Waals surface area contributed by atoms with Crippen LogP contribution in [0.4, 0.5) is 0 Å². The minimum atomic E-state index is -0.954. The number of ether oxygens (including phenoxy) is 1. The van der Waals surface area contributed by atoms with Crippen molar-refractivity contribution in [2.24, 2.45) is 0 Å². The van der Waals surface area contributed by atoms with E-state index in [4.69, 9.17) is 9.84 Å². The van der Waals surface area contributed by atoms with Crippen LogP contribution in [0.3, 0.4) is 0 Å². The lowest BCUT2D eigenvalue weighted by Gasteiger charge is -2.28. The summed E-state index contributed by atoms with van der Waals surface area (Å²) >= 11 is 0. The lowest BCUT2D eigenvalue weighted by atomic mass is 10.2. The van der Waals surface area contributed by atoms with Crippen LogP contribution < -0.4 is 0 Å². The van der Waals surface area contributed by atoms with Crippen LogP contribution in [0, 0.1) is 0 Å². The normalized spacial score (nSPS) is 12.5. The second-order valence-electron chi connectivity index (χ2n) is 4.30. The molecule has 0 bridgehead atoms. The number of carbonyl (C=O) groups excluding carboxylic acids is 1. The highest BCUT2D eigenvalue weighted by atomic mass is 35.5. The lowest BCUT2D eigenvalue weighted by molar-refractivity contribution is -0.873. The van der Waals surface area contributed by atoms with Crippen LogP contribution in [0.15, 0.2) is 0 Å². The van der Waals surface area contributed by atoms with E-state index in [1.54, 1.807) is 0 Å². The Morgan fingerprint density at radius 2 is 1.80 bits per heavy atom. The van der Waals surface area contributed by atoms with Crippen molar-refractivity contribution >= 4 is 24.3 Å². The molecule has 0 aromatic heterocycles. The van der Waals surface area contributed by atoms with Crippen molar-refractivity contribution in [2.75, 3.05) is 27.7 Å². The molecular weight excluding hydrogens is 222 g/mol. The predicted molar refractivity (Wildman–Crippen MR) is 58.0 cm³/mol. The van der Waals surface area contributed by atoms with Gasteiger partial charge in [-0.1, -0.05) is 0 Å².